The van der Waals surface area contributed by atoms with Gasteiger partial charge in [0.1, 0.15) is 11.1 Å². The van der Waals surface area contributed by atoms with Gasteiger partial charge in [0, 0.05) is 4.43 Å². The SMILES string of the molecule is CC(C)C(=O)O[C@@H]1[C@@](C)(CI)OC[C@@]1(F)c1ccc2c(N)nc(F)nn12. The Balaban J connectivity index is 2.13. The molecule has 3 heterocycles. The van der Waals surface area contributed by atoms with Crippen molar-refractivity contribution in [2.24, 2.45) is 5.92 Å². The van der Waals surface area contributed by atoms with E-state index in [-0.39, 0.29) is 23.6 Å². The lowest BCUT2D eigenvalue weighted by Crippen LogP contribution is -2.49. The first-order valence-electron chi connectivity index (χ1n) is 8.03. The molecule has 0 amide bonds. The molecule has 10 heteroatoms. The van der Waals surface area contributed by atoms with Gasteiger partial charge in [0.25, 0.3) is 0 Å². The van der Waals surface area contributed by atoms with Crippen LogP contribution in [0.4, 0.5) is 14.6 Å². The molecule has 2 aromatic heterocycles. The van der Waals surface area contributed by atoms with Gasteiger partial charge in [0.2, 0.25) is 5.67 Å². The summed E-state index contributed by atoms with van der Waals surface area (Å²) in [6.07, 6.45) is -2.30. The van der Waals surface area contributed by atoms with Crippen LogP contribution >= 0.6 is 22.6 Å². The predicted octanol–water partition coefficient (Wildman–Crippen LogP) is 2.41. The van der Waals surface area contributed by atoms with Gasteiger partial charge in [-0.25, -0.2) is 8.91 Å². The van der Waals surface area contributed by atoms with E-state index < -0.39 is 35.3 Å². The smallest absolute Gasteiger partial charge is 0.327 e. The molecule has 0 aromatic carbocycles. The number of aromatic nitrogens is 3. The van der Waals surface area contributed by atoms with E-state index in [0.717, 1.165) is 4.52 Å². The predicted molar refractivity (Wildman–Crippen MR) is 98.1 cm³/mol. The first-order valence-corrected chi connectivity index (χ1v) is 9.55. The van der Waals surface area contributed by atoms with E-state index in [1.807, 2.05) is 0 Å². The number of esters is 1. The maximum absolute atomic E-state index is 16.2. The molecule has 1 aliphatic rings. The maximum atomic E-state index is 16.2. The molecule has 0 unspecified atom stereocenters. The summed E-state index contributed by atoms with van der Waals surface area (Å²) in [6, 6.07) is 2.92. The minimum atomic E-state index is -2.22. The molecule has 1 fully saturated rings. The van der Waals surface area contributed by atoms with Crippen molar-refractivity contribution in [3.63, 3.8) is 0 Å². The highest BCUT2D eigenvalue weighted by atomic mass is 127. The zero-order valence-electron chi connectivity index (χ0n) is 14.5. The van der Waals surface area contributed by atoms with Crippen LogP contribution in [-0.2, 0) is 19.9 Å². The van der Waals surface area contributed by atoms with Gasteiger partial charge in [0.15, 0.2) is 11.9 Å². The molecule has 0 saturated carbocycles. The second-order valence-electron chi connectivity index (χ2n) is 6.85. The molecule has 0 aliphatic carbocycles. The lowest BCUT2D eigenvalue weighted by molar-refractivity contribution is -0.167. The molecule has 142 valence electrons. The Hall–Kier alpha value is -1.56. The number of halogens is 3. The number of hydrogen-bond acceptors (Lipinski definition) is 6. The van der Waals surface area contributed by atoms with Gasteiger partial charge in [-0.1, -0.05) is 36.4 Å². The Morgan fingerprint density at radius 3 is 2.88 bits per heavy atom. The van der Waals surface area contributed by atoms with Crippen molar-refractivity contribution in [2.75, 3.05) is 16.8 Å². The molecular weight excluding hydrogens is 461 g/mol. The van der Waals surface area contributed by atoms with Gasteiger partial charge in [-0.2, -0.15) is 9.37 Å². The van der Waals surface area contributed by atoms with Gasteiger partial charge in [0.05, 0.1) is 18.2 Å². The maximum Gasteiger partial charge on any atom is 0.327 e. The molecule has 1 saturated heterocycles. The number of ether oxygens (including phenoxy) is 2. The number of hydrogen-bond donors (Lipinski definition) is 1. The highest BCUT2D eigenvalue weighted by Crippen LogP contribution is 2.46. The summed E-state index contributed by atoms with van der Waals surface area (Å²) in [5.74, 6) is -1.09. The molecule has 2 aromatic rings. The van der Waals surface area contributed by atoms with E-state index in [2.05, 4.69) is 32.7 Å². The number of nitrogens with zero attached hydrogens (tertiary/aromatic N) is 3. The highest BCUT2D eigenvalue weighted by molar-refractivity contribution is 14.1. The van der Waals surface area contributed by atoms with Crippen LogP contribution in [0, 0.1) is 12.0 Å². The quantitative estimate of drug-likeness (QED) is 0.411. The van der Waals surface area contributed by atoms with Gasteiger partial charge in [-0.3, -0.25) is 4.79 Å². The van der Waals surface area contributed by atoms with Crippen LogP contribution in [0.2, 0.25) is 0 Å². The molecular formula is C16H19F2IN4O3. The molecule has 2 N–H and O–H groups in total. The van der Waals surface area contributed by atoms with E-state index in [1.165, 1.54) is 12.1 Å². The topological polar surface area (TPSA) is 91.7 Å². The second-order valence-corrected chi connectivity index (χ2v) is 7.61. The number of rotatable bonds is 4. The Morgan fingerprint density at radius 1 is 1.58 bits per heavy atom. The summed E-state index contributed by atoms with van der Waals surface area (Å²) in [7, 11) is 0. The average Bonchev–Trinajstić information content (AvgIpc) is 3.11. The molecule has 0 spiro atoms. The van der Waals surface area contributed by atoms with Gasteiger partial charge in [-0.05, 0) is 19.1 Å². The fourth-order valence-electron chi connectivity index (χ4n) is 3.00. The van der Waals surface area contributed by atoms with E-state index in [4.69, 9.17) is 15.2 Å². The third-order valence-corrected chi connectivity index (χ3v) is 6.01. The molecule has 3 atom stereocenters. The summed E-state index contributed by atoms with van der Waals surface area (Å²) in [5, 5.41) is 3.63. The highest BCUT2D eigenvalue weighted by Gasteiger charge is 2.61. The normalized spacial score (nSPS) is 28.8. The van der Waals surface area contributed by atoms with Gasteiger partial charge in [-0.15, -0.1) is 5.10 Å². The molecule has 26 heavy (non-hydrogen) atoms. The molecule has 3 rings (SSSR count). The summed E-state index contributed by atoms with van der Waals surface area (Å²) < 4.78 is 42.5. The van der Waals surface area contributed by atoms with Crippen molar-refractivity contribution in [1.29, 1.82) is 0 Å². The number of carbonyl (C=O) groups is 1. The third-order valence-electron chi connectivity index (χ3n) is 4.49. The summed E-state index contributed by atoms with van der Waals surface area (Å²) in [4.78, 5) is 15.6. The van der Waals surface area contributed by atoms with E-state index in [0.29, 0.717) is 4.43 Å². The number of anilines is 1. The van der Waals surface area contributed by atoms with Crippen LogP contribution in [0.5, 0.6) is 0 Å². The Morgan fingerprint density at radius 2 is 2.27 bits per heavy atom. The van der Waals surface area contributed by atoms with Gasteiger partial charge < -0.3 is 15.2 Å². The second kappa shape index (κ2) is 6.55. The van der Waals surface area contributed by atoms with Crippen molar-refractivity contribution >= 4 is 39.9 Å². The van der Waals surface area contributed by atoms with Crippen LogP contribution in [0.25, 0.3) is 5.52 Å². The monoisotopic (exact) mass is 480 g/mol. The summed E-state index contributed by atoms with van der Waals surface area (Å²) in [5.41, 5.74) is 2.69. The van der Waals surface area contributed by atoms with Crippen LogP contribution in [0.15, 0.2) is 12.1 Å². The van der Waals surface area contributed by atoms with Crippen molar-refractivity contribution in [2.45, 2.75) is 38.1 Å². The molecule has 7 nitrogen and oxygen atoms in total. The number of alkyl halides is 2. The first kappa shape index (κ1) is 19.2. The first-order chi connectivity index (χ1) is 12.1. The van der Waals surface area contributed by atoms with Crippen molar-refractivity contribution in [3.05, 3.63) is 23.9 Å². The van der Waals surface area contributed by atoms with Crippen molar-refractivity contribution in [1.82, 2.24) is 14.6 Å². The van der Waals surface area contributed by atoms with Crippen LogP contribution in [0.3, 0.4) is 0 Å². The Labute approximate surface area is 162 Å². The fourth-order valence-corrected chi connectivity index (χ4v) is 3.62. The molecule has 0 radical (unpaired) electrons. The van der Waals surface area contributed by atoms with Crippen molar-refractivity contribution < 1.29 is 23.0 Å². The largest absolute Gasteiger partial charge is 0.455 e. The zero-order chi connectivity index (χ0) is 19.3. The fraction of sp³-hybridized carbons (Fsp3) is 0.562. The number of carbonyl (C=O) groups excluding carboxylic acids is 1. The molecule has 1 aliphatic heterocycles. The van der Waals surface area contributed by atoms with Crippen LogP contribution < -0.4 is 5.73 Å². The lowest BCUT2D eigenvalue weighted by atomic mass is 9.88. The lowest BCUT2D eigenvalue weighted by Gasteiger charge is -2.33. The van der Waals surface area contributed by atoms with Crippen LogP contribution in [-0.4, -0.2) is 43.3 Å². The van der Waals surface area contributed by atoms with Crippen LogP contribution in [0.1, 0.15) is 26.5 Å². The summed E-state index contributed by atoms with van der Waals surface area (Å²) >= 11 is 2.05. The number of nitrogens with two attached hydrogens (primary N) is 1. The van der Waals surface area contributed by atoms with E-state index in [9.17, 15) is 9.18 Å². The Bertz CT molecular complexity index is 861. The van der Waals surface area contributed by atoms with Gasteiger partial charge >= 0.3 is 12.0 Å². The third kappa shape index (κ3) is 2.92. The average molecular weight is 480 g/mol. The summed E-state index contributed by atoms with van der Waals surface area (Å²) in [6.45, 7) is 4.64. The minimum absolute atomic E-state index is 0.00405. The minimum Gasteiger partial charge on any atom is -0.455 e. The zero-order valence-corrected chi connectivity index (χ0v) is 16.7. The van der Waals surface area contributed by atoms with Crippen molar-refractivity contribution in [3.8, 4) is 0 Å². The Kier molecular flexibility index (Phi) is 4.84. The number of fused-ring (bicyclic) bond motifs is 1. The molecule has 0 bridgehead atoms. The number of nitrogen functional groups attached to an aromatic ring is 1. The standard InChI is InChI=1S/C16H19F2IN4O3/c1-8(2)12(24)26-13-15(3,6-19)25-7-16(13,18)10-5-4-9-11(20)21-14(17)22-23(9)10/h4-5,8,13H,6-7H2,1-3H3,(H2,20,21,22)/t13-,15-,16-/m1/s1. The van der Waals surface area contributed by atoms with E-state index >= 15 is 4.39 Å². The van der Waals surface area contributed by atoms with E-state index in [1.54, 1.807) is 20.8 Å².